The summed E-state index contributed by atoms with van der Waals surface area (Å²) in [6, 6.07) is 11.8. The molecular formula is C14H15N5. The van der Waals surface area contributed by atoms with Crippen LogP contribution in [0.3, 0.4) is 0 Å². The number of anilines is 1. The van der Waals surface area contributed by atoms with E-state index in [-0.39, 0.29) is 0 Å². The number of hydrogen-bond acceptors (Lipinski definition) is 5. The lowest BCUT2D eigenvalue weighted by Gasteiger charge is -2.15. The van der Waals surface area contributed by atoms with Crippen LogP contribution in [0.5, 0.6) is 0 Å². The highest BCUT2D eigenvalue weighted by Crippen LogP contribution is 2.15. The van der Waals surface area contributed by atoms with Gasteiger partial charge in [0, 0.05) is 24.8 Å². The van der Waals surface area contributed by atoms with Crippen molar-refractivity contribution in [2.45, 2.75) is 6.42 Å². The average molecular weight is 253 g/mol. The van der Waals surface area contributed by atoms with Gasteiger partial charge in [-0.3, -0.25) is 4.99 Å². The first kappa shape index (κ1) is 11.6. The van der Waals surface area contributed by atoms with Crippen LogP contribution in [0.1, 0.15) is 6.42 Å². The molecule has 1 aromatic heterocycles. The molecule has 0 saturated carbocycles. The monoisotopic (exact) mass is 253 g/mol. The Labute approximate surface area is 111 Å². The summed E-state index contributed by atoms with van der Waals surface area (Å²) in [6.07, 6.45) is 2.82. The number of aliphatic imine (C=N–C) groups is 1. The van der Waals surface area contributed by atoms with Crippen molar-refractivity contribution < 1.29 is 0 Å². The fourth-order valence-corrected chi connectivity index (χ4v) is 1.89. The van der Waals surface area contributed by atoms with Crippen LogP contribution in [-0.2, 0) is 0 Å². The van der Waals surface area contributed by atoms with E-state index in [1.54, 1.807) is 6.20 Å². The Morgan fingerprint density at radius 2 is 2.00 bits per heavy atom. The zero-order valence-electron chi connectivity index (χ0n) is 10.5. The molecule has 2 aromatic rings. The predicted molar refractivity (Wildman–Crippen MR) is 76.0 cm³/mol. The molecule has 2 heterocycles. The third kappa shape index (κ3) is 2.88. The highest BCUT2D eigenvalue weighted by Gasteiger charge is 2.06. The Morgan fingerprint density at radius 1 is 1.11 bits per heavy atom. The second-order valence-electron chi connectivity index (χ2n) is 4.27. The van der Waals surface area contributed by atoms with Crippen molar-refractivity contribution in [1.29, 1.82) is 0 Å². The number of rotatable bonds is 2. The highest BCUT2D eigenvalue weighted by atomic mass is 15.2. The highest BCUT2D eigenvalue weighted by molar-refractivity contribution is 5.93. The Morgan fingerprint density at radius 3 is 2.79 bits per heavy atom. The maximum absolute atomic E-state index is 4.49. The van der Waals surface area contributed by atoms with Crippen LogP contribution in [0.15, 0.2) is 47.6 Å². The van der Waals surface area contributed by atoms with E-state index >= 15 is 0 Å². The van der Waals surface area contributed by atoms with Gasteiger partial charge in [0.15, 0.2) is 11.8 Å². The Hall–Kier alpha value is -2.43. The topological polar surface area (TPSA) is 62.2 Å². The summed E-state index contributed by atoms with van der Waals surface area (Å²) in [4.78, 5) is 13.1. The van der Waals surface area contributed by atoms with E-state index in [0.29, 0.717) is 5.82 Å². The minimum atomic E-state index is 0.710. The zero-order valence-corrected chi connectivity index (χ0v) is 10.5. The summed E-state index contributed by atoms with van der Waals surface area (Å²) in [7, 11) is 0. The SMILES string of the molecule is c1ccc(-c2nccc(NC3=NCCCN3)n2)cc1. The van der Waals surface area contributed by atoms with E-state index in [9.17, 15) is 0 Å². The molecule has 5 nitrogen and oxygen atoms in total. The van der Waals surface area contributed by atoms with E-state index in [1.165, 1.54) is 0 Å². The van der Waals surface area contributed by atoms with Gasteiger partial charge in [-0.1, -0.05) is 30.3 Å². The van der Waals surface area contributed by atoms with Gasteiger partial charge in [-0.25, -0.2) is 9.97 Å². The summed E-state index contributed by atoms with van der Waals surface area (Å²) in [5.41, 5.74) is 1.00. The van der Waals surface area contributed by atoms with Crippen LogP contribution >= 0.6 is 0 Å². The van der Waals surface area contributed by atoms with Crippen LogP contribution < -0.4 is 10.6 Å². The molecule has 3 rings (SSSR count). The molecule has 0 fully saturated rings. The number of hydrogen-bond donors (Lipinski definition) is 2. The molecule has 0 amide bonds. The van der Waals surface area contributed by atoms with Gasteiger partial charge in [-0.2, -0.15) is 0 Å². The molecule has 19 heavy (non-hydrogen) atoms. The van der Waals surface area contributed by atoms with E-state index < -0.39 is 0 Å². The minimum Gasteiger partial charge on any atom is -0.356 e. The summed E-state index contributed by atoms with van der Waals surface area (Å²) < 4.78 is 0. The largest absolute Gasteiger partial charge is 0.356 e. The first-order valence-corrected chi connectivity index (χ1v) is 6.36. The molecule has 0 saturated heterocycles. The molecule has 0 spiro atoms. The molecule has 0 bridgehead atoms. The number of nitrogens with one attached hydrogen (secondary N) is 2. The molecule has 96 valence electrons. The lowest BCUT2D eigenvalue weighted by molar-refractivity contribution is 0.740. The lowest BCUT2D eigenvalue weighted by Crippen LogP contribution is -2.35. The summed E-state index contributed by atoms with van der Waals surface area (Å²) in [5, 5.41) is 6.38. The quantitative estimate of drug-likeness (QED) is 0.858. The summed E-state index contributed by atoms with van der Waals surface area (Å²) in [5.74, 6) is 2.24. The maximum Gasteiger partial charge on any atom is 0.196 e. The Balaban J connectivity index is 1.82. The van der Waals surface area contributed by atoms with Gasteiger partial charge in [-0.15, -0.1) is 0 Å². The number of nitrogens with zero attached hydrogens (tertiary/aromatic N) is 3. The van der Waals surface area contributed by atoms with Gasteiger partial charge in [-0.05, 0) is 12.5 Å². The zero-order chi connectivity index (χ0) is 12.9. The summed E-state index contributed by atoms with van der Waals surface area (Å²) in [6.45, 7) is 1.80. The third-order valence-corrected chi connectivity index (χ3v) is 2.83. The van der Waals surface area contributed by atoms with Gasteiger partial charge >= 0.3 is 0 Å². The van der Waals surface area contributed by atoms with Crippen molar-refractivity contribution in [3.63, 3.8) is 0 Å². The second kappa shape index (κ2) is 5.48. The standard InChI is InChI=1S/C14H15N5/c1-2-5-11(6-3-1)13-15-10-7-12(18-13)19-14-16-8-4-9-17-14/h1-3,5-7,10H,4,8-9H2,(H2,15,16,17,18,19). The van der Waals surface area contributed by atoms with Gasteiger partial charge in [0.05, 0.1) is 0 Å². The van der Waals surface area contributed by atoms with Crippen molar-refractivity contribution in [3.05, 3.63) is 42.6 Å². The number of guanidine groups is 1. The van der Waals surface area contributed by atoms with Gasteiger partial charge in [0.1, 0.15) is 5.82 Å². The van der Waals surface area contributed by atoms with Crippen LogP contribution in [0.2, 0.25) is 0 Å². The van der Waals surface area contributed by atoms with E-state index in [4.69, 9.17) is 0 Å². The smallest absolute Gasteiger partial charge is 0.196 e. The van der Waals surface area contributed by atoms with E-state index in [2.05, 4.69) is 25.6 Å². The van der Waals surface area contributed by atoms with Gasteiger partial charge < -0.3 is 10.6 Å². The maximum atomic E-state index is 4.49. The van der Waals surface area contributed by atoms with Crippen LogP contribution in [-0.4, -0.2) is 29.0 Å². The number of benzene rings is 1. The fourth-order valence-electron chi connectivity index (χ4n) is 1.89. The molecule has 0 radical (unpaired) electrons. The molecule has 1 aliphatic rings. The predicted octanol–water partition coefficient (Wildman–Crippen LogP) is 1.90. The van der Waals surface area contributed by atoms with Crippen LogP contribution in [0, 0.1) is 0 Å². The molecule has 0 unspecified atom stereocenters. The molecule has 1 aromatic carbocycles. The average Bonchev–Trinajstić information content (AvgIpc) is 2.49. The van der Waals surface area contributed by atoms with Crippen molar-refractivity contribution >= 4 is 11.8 Å². The van der Waals surface area contributed by atoms with Crippen molar-refractivity contribution in [1.82, 2.24) is 15.3 Å². The van der Waals surface area contributed by atoms with E-state index in [1.807, 2.05) is 36.4 Å². The molecular weight excluding hydrogens is 238 g/mol. The Bertz CT molecular complexity index is 579. The van der Waals surface area contributed by atoms with Crippen molar-refractivity contribution in [2.24, 2.45) is 4.99 Å². The van der Waals surface area contributed by atoms with Crippen LogP contribution in [0.25, 0.3) is 11.4 Å². The molecule has 2 N–H and O–H groups in total. The normalized spacial score (nSPS) is 14.4. The fraction of sp³-hybridized carbons (Fsp3) is 0.214. The number of aromatic nitrogens is 2. The van der Waals surface area contributed by atoms with Gasteiger partial charge in [0.25, 0.3) is 0 Å². The van der Waals surface area contributed by atoms with Crippen molar-refractivity contribution in [3.8, 4) is 11.4 Å². The lowest BCUT2D eigenvalue weighted by atomic mass is 10.2. The first-order chi connectivity index (χ1) is 9.42. The summed E-state index contributed by atoms with van der Waals surface area (Å²) >= 11 is 0. The minimum absolute atomic E-state index is 0.710. The third-order valence-electron chi connectivity index (χ3n) is 2.83. The molecule has 5 heteroatoms. The molecule has 0 atom stereocenters. The molecule has 0 aliphatic carbocycles. The van der Waals surface area contributed by atoms with Crippen LogP contribution in [0.4, 0.5) is 5.82 Å². The Kier molecular flexibility index (Phi) is 3.36. The first-order valence-electron chi connectivity index (χ1n) is 6.36. The second-order valence-corrected chi connectivity index (χ2v) is 4.27. The van der Waals surface area contributed by atoms with Gasteiger partial charge in [0.2, 0.25) is 0 Å². The molecule has 1 aliphatic heterocycles. The van der Waals surface area contributed by atoms with E-state index in [0.717, 1.165) is 36.9 Å². The van der Waals surface area contributed by atoms with Crippen molar-refractivity contribution in [2.75, 3.05) is 18.4 Å².